The van der Waals surface area contributed by atoms with Gasteiger partial charge in [0.25, 0.3) is 0 Å². The van der Waals surface area contributed by atoms with Crippen LogP contribution < -0.4 is 20.1 Å². The van der Waals surface area contributed by atoms with Gasteiger partial charge in [0.15, 0.2) is 11.5 Å². The lowest BCUT2D eigenvalue weighted by Gasteiger charge is -2.31. The number of ether oxygens (including phenoxy) is 2. The minimum atomic E-state index is -0.548. The van der Waals surface area contributed by atoms with Gasteiger partial charge < -0.3 is 14.8 Å². The van der Waals surface area contributed by atoms with Crippen LogP contribution in [0.4, 0.5) is 10.5 Å². The van der Waals surface area contributed by atoms with Crippen LogP contribution in [0.3, 0.4) is 0 Å². The van der Waals surface area contributed by atoms with Gasteiger partial charge in [-0.2, -0.15) is 0 Å². The van der Waals surface area contributed by atoms with Crippen molar-refractivity contribution in [3.63, 3.8) is 0 Å². The largest absolute Gasteiger partial charge is 0.454 e. The van der Waals surface area contributed by atoms with Crippen LogP contribution in [0.15, 0.2) is 48.5 Å². The quantitative estimate of drug-likeness (QED) is 0.814. The molecule has 29 heavy (non-hydrogen) atoms. The maximum absolute atomic E-state index is 12.2. The van der Waals surface area contributed by atoms with Gasteiger partial charge in [0.1, 0.15) is 0 Å². The number of nitrogens with one attached hydrogen (secondary N) is 2. The van der Waals surface area contributed by atoms with E-state index in [-0.39, 0.29) is 19.2 Å². The maximum atomic E-state index is 12.2. The van der Waals surface area contributed by atoms with Gasteiger partial charge in [0.2, 0.25) is 12.7 Å². The number of urea groups is 1. The molecule has 2 aromatic carbocycles. The summed E-state index contributed by atoms with van der Waals surface area (Å²) in [6, 6.07) is 15.1. The number of fused-ring (bicyclic) bond motifs is 1. The van der Waals surface area contributed by atoms with Crippen molar-refractivity contribution in [3.05, 3.63) is 54.1 Å². The highest BCUT2D eigenvalue weighted by molar-refractivity contribution is 6.01. The lowest BCUT2D eigenvalue weighted by Crippen LogP contribution is -2.44. The number of rotatable bonds is 5. The number of imide groups is 1. The molecule has 0 atom stereocenters. The molecule has 0 aromatic heterocycles. The monoisotopic (exact) mass is 395 g/mol. The summed E-state index contributed by atoms with van der Waals surface area (Å²) in [4.78, 5) is 26.4. The predicted molar refractivity (Wildman–Crippen MR) is 109 cm³/mol. The average Bonchev–Trinajstić information content (AvgIpc) is 3.18. The summed E-state index contributed by atoms with van der Waals surface area (Å²) in [5, 5.41) is 5.04. The maximum Gasteiger partial charge on any atom is 0.325 e. The Bertz CT molecular complexity index is 864. The van der Waals surface area contributed by atoms with Gasteiger partial charge in [-0.1, -0.05) is 30.3 Å². The van der Waals surface area contributed by atoms with E-state index >= 15 is 0 Å². The average molecular weight is 395 g/mol. The molecule has 2 N–H and O–H groups in total. The first-order chi connectivity index (χ1) is 14.2. The summed E-state index contributed by atoms with van der Waals surface area (Å²) >= 11 is 0. The van der Waals surface area contributed by atoms with Crippen molar-refractivity contribution in [1.82, 2.24) is 10.2 Å². The number of carbonyl (C=O) groups is 2. The number of hydrogen-bond donors (Lipinski definition) is 2. The fraction of sp³-hybridized carbons (Fsp3) is 0.364. The first-order valence-corrected chi connectivity index (χ1v) is 9.92. The first kappa shape index (κ1) is 19.3. The Kier molecular flexibility index (Phi) is 5.95. The summed E-state index contributed by atoms with van der Waals surface area (Å²) in [6.07, 6.45) is 3.20. The molecule has 3 amide bonds. The van der Waals surface area contributed by atoms with E-state index in [0.717, 1.165) is 32.4 Å². The van der Waals surface area contributed by atoms with Crippen molar-refractivity contribution >= 4 is 17.6 Å². The Labute approximate surface area is 170 Å². The highest BCUT2D eigenvalue weighted by Gasteiger charge is 2.22. The standard InChI is InChI=1S/C22H25N3O4/c26-21(24-22(27)23-18-6-7-19-20(13-18)29-15-28-19)14-25-10-8-17(9-11-25)12-16-4-2-1-3-5-16/h1-7,13,17H,8-12,14-15H2,(H2,23,24,26,27). The van der Waals surface area contributed by atoms with Crippen LogP contribution in [0.1, 0.15) is 18.4 Å². The zero-order valence-corrected chi connectivity index (χ0v) is 16.2. The van der Waals surface area contributed by atoms with Crippen LogP contribution in [-0.4, -0.2) is 43.3 Å². The van der Waals surface area contributed by atoms with Gasteiger partial charge >= 0.3 is 6.03 Å². The summed E-state index contributed by atoms with van der Waals surface area (Å²) in [5.74, 6) is 1.56. The van der Waals surface area contributed by atoms with Gasteiger partial charge in [0.05, 0.1) is 6.54 Å². The minimum Gasteiger partial charge on any atom is -0.454 e. The molecule has 0 saturated carbocycles. The number of piperidine rings is 1. The fourth-order valence-electron chi connectivity index (χ4n) is 3.80. The molecular formula is C22H25N3O4. The summed E-state index contributed by atoms with van der Waals surface area (Å²) in [6.45, 7) is 2.14. The normalized spacial score (nSPS) is 16.4. The van der Waals surface area contributed by atoms with Crippen LogP contribution in [0.25, 0.3) is 0 Å². The Morgan fingerprint density at radius 1 is 1.00 bits per heavy atom. The number of nitrogens with zero attached hydrogens (tertiary/aromatic N) is 1. The third kappa shape index (κ3) is 5.26. The Balaban J connectivity index is 1.18. The van der Waals surface area contributed by atoms with E-state index < -0.39 is 6.03 Å². The number of carbonyl (C=O) groups excluding carboxylic acids is 2. The highest BCUT2D eigenvalue weighted by atomic mass is 16.7. The van der Waals surface area contributed by atoms with Gasteiger partial charge in [-0.05, 0) is 56.0 Å². The summed E-state index contributed by atoms with van der Waals surface area (Å²) in [5.41, 5.74) is 1.91. The molecule has 152 valence electrons. The molecular weight excluding hydrogens is 370 g/mol. The predicted octanol–water partition coefficient (Wildman–Crippen LogP) is 3.02. The second-order valence-electron chi connectivity index (χ2n) is 7.48. The van der Waals surface area contributed by atoms with E-state index in [4.69, 9.17) is 9.47 Å². The molecule has 1 saturated heterocycles. The third-order valence-corrected chi connectivity index (χ3v) is 5.32. The number of likely N-dealkylation sites (tertiary alicyclic amines) is 1. The van der Waals surface area contributed by atoms with Gasteiger partial charge in [-0.15, -0.1) is 0 Å². The smallest absolute Gasteiger partial charge is 0.325 e. The topological polar surface area (TPSA) is 79.9 Å². The van der Waals surface area contributed by atoms with E-state index in [1.807, 2.05) is 6.07 Å². The lowest BCUT2D eigenvalue weighted by atomic mass is 9.90. The van der Waals surface area contributed by atoms with Crippen LogP contribution in [0.5, 0.6) is 11.5 Å². The van der Waals surface area contributed by atoms with Crippen molar-refractivity contribution < 1.29 is 19.1 Å². The number of benzene rings is 2. The van der Waals surface area contributed by atoms with Crippen molar-refractivity contribution in [2.24, 2.45) is 5.92 Å². The molecule has 2 heterocycles. The van der Waals surface area contributed by atoms with Crippen LogP contribution >= 0.6 is 0 Å². The second-order valence-corrected chi connectivity index (χ2v) is 7.48. The minimum absolute atomic E-state index is 0.172. The molecule has 2 aliphatic heterocycles. The second kappa shape index (κ2) is 8.96. The molecule has 2 aliphatic rings. The Morgan fingerprint density at radius 2 is 1.76 bits per heavy atom. The van der Waals surface area contributed by atoms with E-state index in [2.05, 4.69) is 39.8 Å². The van der Waals surface area contributed by atoms with E-state index in [9.17, 15) is 9.59 Å². The fourth-order valence-corrected chi connectivity index (χ4v) is 3.80. The van der Waals surface area contributed by atoms with Crippen molar-refractivity contribution in [3.8, 4) is 11.5 Å². The molecule has 4 rings (SSSR count). The number of anilines is 1. The molecule has 2 aromatic rings. The first-order valence-electron chi connectivity index (χ1n) is 9.92. The number of amides is 3. The summed E-state index contributed by atoms with van der Waals surface area (Å²) in [7, 11) is 0. The van der Waals surface area contributed by atoms with Crippen molar-refractivity contribution in [2.45, 2.75) is 19.3 Å². The Morgan fingerprint density at radius 3 is 2.55 bits per heavy atom. The van der Waals surface area contributed by atoms with Gasteiger partial charge in [-0.3, -0.25) is 15.0 Å². The van der Waals surface area contributed by atoms with Crippen molar-refractivity contribution in [2.75, 3.05) is 31.7 Å². The molecule has 7 heteroatoms. The Hall–Kier alpha value is -3.06. The van der Waals surface area contributed by atoms with E-state index in [0.29, 0.717) is 23.1 Å². The third-order valence-electron chi connectivity index (χ3n) is 5.32. The molecule has 0 spiro atoms. The zero-order chi connectivity index (χ0) is 20.1. The lowest BCUT2D eigenvalue weighted by molar-refractivity contribution is -0.121. The molecule has 7 nitrogen and oxygen atoms in total. The SMILES string of the molecule is O=C(CN1CCC(Cc2ccccc2)CC1)NC(=O)Nc1ccc2c(c1)OCO2. The highest BCUT2D eigenvalue weighted by Crippen LogP contribution is 2.34. The molecule has 1 fully saturated rings. The van der Waals surface area contributed by atoms with E-state index in [1.165, 1.54) is 5.56 Å². The van der Waals surface area contributed by atoms with Gasteiger partial charge in [0, 0.05) is 11.8 Å². The van der Waals surface area contributed by atoms with Crippen LogP contribution in [-0.2, 0) is 11.2 Å². The van der Waals surface area contributed by atoms with Crippen molar-refractivity contribution in [1.29, 1.82) is 0 Å². The zero-order valence-electron chi connectivity index (χ0n) is 16.2. The van der Waals surface area contributed by atoms with Gasteiger partial charge in [-0.25, -0.2) is 4.79 Å². The van der Waals surface area contributed by atoms with Crippen LogP contribution in [0.2, 0.25) is 0 Å². The molecule has 0 aliphatic carbocycles. The molecule has 0 bridgehead atoms. The molecule has 0 unspecified atom stereocenters. The number of hydrogen-bond acceptors (Lipinski definition) is 5. The van der Waals surface area contributed by atoms with E-state index in [1.54, 1.807) is 18.2 Å². The van der Waals surface area contributed by atoms with Crippen LogP contribution in [0, 0.1) is 5.92 Å². The molecule has 0 radical (unpaired) electrons. The summed E-state index contributed by atoms with van der Waals surface area (Å²) < 4.78 is 10.5.